The fourth-order valence-corrected chi connectivity index (χ4v) is 2.40. The van der Waals surface area contributed by atoms with Gasteiger partial charge in [0.15, 0.2) is 0 Å². The molecule has 0 aliphatic carbocycles. The maximum atomic E-state index is 12.6. The van der Waals surface area contributed by atoms with Gasteiger partial charge >= 0.3 is 18.0 Å². The van der Waals surface area contributed by atoms with Crippen LogP contribution < -0.4 is 10.9 Å². The van der Waals surface area contributed by atoms with Crippen molar-refractivity contribution in [2.45, 2.75) is 32.2 Å². The monoisotopic (exact) mass is 347 g/mol. The number of alkyl halides is 3. The van der Waals surface area contributed by atoms with Crippen LogP contribution in [0.2, 0.25) is 0 Å². The molecule has 10 heteroatoms. The zero-order chi connectivity index (χ0) is 18.1. The van der Waals surface area contributed by atoms with Crippen molar-refractivity contribution in [2.75, 3.05) is 18.4 Å². The molecule has 0 aromatic carbocycles. The van der Waals surface area contributed by atoms with Crippen LogP contribution in [-0.4, -0.2) is 47.0 Å². The molecule has 0 saturated carbocycles. The van der Waals surface area contributed by atoms with Crippen molar-refractivity contribution in [2.24, 2.45) is 0 Å². The molecule has 2 atom stereocenters. The number of pyridine rings is 1. The third-order valence-corrected chi connectivity index (χ3v) is 3.38. The van der Waals surface area contributed by atoms with E-state index in [4.69, 9.17) is 4.74 Å². The molecule has 1 aliphatic rings. The number of carbonyl (C=O) groups excluding carboxylic acids is 2. The molecule has 1 aromatic heterocycles. The lowest BCUT2D eigenvalue weighted by molar-refractivity contribution is -0.151. The lowest BCUT2D eigenvalue weighted by atomic mass is 10.2. The highest BCUT2D eigenvalue weighted by Crippen LogP contribution is 2.29. The molecule has 132 valence electrons. The van der Waals surface area contributed by atoms with Crippen LogP contribution in [0.4, 0.5) is 18.9 Å². The molecule has 1 aliphatic heterocycles. The highest BCUT2D eigenvalue weighted by atomic mass is 19.4. The Morgan fingerprint density at radius 1 is 1.29 bits per heavy atom. The Kier molecular flexibility index (Phi) is 4.97. The van der Waals surface area contributed by atoms with Crippen molar-refractivity contribution in [3.8, 4) is 0 Å². The minimum absolute atomic E-state index is 0.176. The van der Waals surface area contributed by atoms with Crippen LogP contribution in [0, 0.1) is 0 Å². The molecular formula is C14H16F3N3O4. The molecule has 0 radical (unpaired) electrons. The van der Waals surface area contributed by atoms with Gasteiger partial charge in [-0.2, -0.15) is 13.2 Å². The van der Waals surface area contributed by atoms with Crippen LogP contribution in [0.5, 0.6) is 0 Å². The van der Waals surface area contributed by atoms with Crippen LogP contribution in [0.3, 0.4) is 0 Å². The summed E-state index contributed by atoms with van der Waals surface area (Å²) in [5.41, 5.74) is -2.72. The fourth-order valence-electron chi connectivity index (χ4n) is 2.40. The number of morpholine rings is 1. The minimum Gasteiger partial charge on any atom is -0.372 e. The number of anilines is 1. The first kappa shape index (κ1) is 18.0. The Morgan fingerprint density at radius 3 is 2.42 bits per heavy atom. The molecule has 1 aromatic rings. The van der Waals surface area contributed by atoms with Gasteiger partial charge in [0.25, 0.3) is 5.56 Å². The molecule has 7 nitrogen and oxygen atoms in total. The van der Waals surface area contributed by atoms with Gasteiger partial charge in [0.2, 0.25) is 0 Å². The summed E-state index contributed by atoms with van der Waals surface area (Å²) in [7, 11) is 0. The minimum atomic E-state index is -4.69. The second-order valence-electron chi connectivity index (χ2n) is 5.55. The Labute approximate surface area is 134 Å². The smallest absolute Gasteiger partial charge is 0.372 e. The first-order chi connectivity index (χ1) is 11.1. The largest absolute Gasteiger partial charge is 0.417 e. The maximum Gasteiger partial charge on any atom is 0.417 e. The number of H-pyrrole nitrogens is 1. The van der Waals surface area contributed by atoms with Gasteiger partial charge in [0, 0.05) is 19.3 Å². The van der Waals surface area contributed by atoms with Gasteiger partial charge in [-0.3, -0.25) is 14.4 Å². The van der Waals surface area contributed by atoms with E-state index in [0.29, 0.717) is 12.3 Å². The molecule has 2 heterocycles. The van der Waals surface area contributed by atoms with E-state index in [0.717, 1.165) is 0 Å². The van der Waals surface area contributed by atoms with E-state index < -0.39 is 34.8 Å². The number of hydrogen-bond acceptors (Lipinski definition) is 4. The third-order valence-electron chi connectivity index (χ3n) is 3.38. The van der Waals surface area contributed by atoms with E-state index in [1.165, 1.54) is 4.90 Å². The summed E-state index contributed by atoms with van der Waals surface area (Å²) in [6, 6.07) is 0.481. The molecule has 0 unspecified atom stereocenters. The van der Waals surface area contributed by atoms with E-state index in [2.05, 4.69) is 0 Å². The molecule has 24 heavy (non-hydrogen) atoms. The molecule has 1 fully saturated rings. The van der Waals surface area contributed by atoms with Gasteiger partial charge in [-0.25, -0.2) is 0 Å². The Balaban J connectivity index is 2.14. The normalized spacial score (nSPS) is 21.5. The summed E-state index contributed by atoms with van der Waals surface area (Å²) in [4.78, 5) is 38.7. The average Bonchev–Trinajstić information content (AvgIpc) is 2.46. The second-order valence-corrected chi connectivity index (χ2v) is 5.55. The van der Waals surface area contributed by atoms with Gasteiger partial charge in [0.1, 0.15) is 5.69 Å². The van der Waals surface area contributed by atoms with E-state index >= 15 is 0 Å². The number of carbonyl (C=O) groups is 2. The third kappa shape index (κ3) is 4.13. The standard InChI is InChI=1S/C14H16F3N3O4/c1-7-5-20(6-8(2)24-7)13(23)12(22)19-10-3-9(14(15,16)17)4-18-11(10)21/h3-4,7-8H,5-6H2,1-2H3,(H,18,21)(H,19,22)/t7-,8+. The lowest BCUT2D eigenvalue weighted by Crippen LogP contribution is -2.51. The van der Waals surface area contributed by atoms with Gasteiger partial charge < -0.3 is 19.9 Å². The lowest BCUT2D eigenvalue weighted by Gasteiger charge is -2.34. The van der Waals surface area contributed by atoms with E-state index in [1.54, 1.807) is 13.8 Å². The van der Waals surface area contributed by atoms with Crippen molar-refractivity contribution in [1.82, 2.24) is 9.88 Å². The topological polar surface area (TPSA) is 91.5 Å². The van der Waals surface area contributed by atoms with E-state index in [-0.39, 0.29) is 25.3 Å². The van der Waals surface area contributed by atoms with Crippen molar-refractivity contribution in [3.63, 3.8) is 0 Å². The summed E-state index contributed by atoms with van der Waals surface area (Å²) in [5.74, 6) is -2.12. The van der Waals surface area contributed by atoms with Crippen LogP contribution >= 0.6 is 0 Å². The van der Waals surface area contributed by atoms with Gasteiger partial charge in [-0.05, 0) is 19.9 Å². The van der Waals surface area contributed by atoms with E-state index in [1.807, 2.05) is 10.3 Å². The molecule has 2 amide bonds. The first-order valence-electron chi connectivity index (χ1n) is 7.13. The molecule has 0 spiro atoms. The van der Waals surface area contributed by atoms with Crippen molar-refractivity contribution >= 4 is 17.5 Å². The fraction of sp³-hybridized carbons (Fsp3) is 0.500. The van der Waals surface area contributed by atoms with Crippen LogP contribution in [-0.2, 0) is 20.5 Å². The summed E-state index contributed by atoms with van der Waals surface area (Å²) in [5, 5.41) is 1.93. The maximum absolute atomic E-state index is 12.6. The Morgan fingerprint density at radius 2 is 1.88 bits per heavy atom. The molecular weight excluding hydrogens is 331 g/mol. The Hall–Kier alpha value is -2.36. The van der Waals surface area contributed by atoms with Crippen LogP contribution in [0.15, 0.2) is 17.1 Å². The van der Waals surface area contributed by atoms with E-state index in [9.17, 15) is 27.6 Å². The highest BCUT2D eigenvalue weighted by Gasteiger charge is 2.33. The summed E-state index contributed by atoms with van der Waals surface area (Å²) in [6.07, 6.45) is -4.75. The Bertz CT molecular complexity index is 691. The summed E-state index contributed by atoms with van der Waals surface area (Å²) in [6.45, 7) is 3.81. The van der Waals surface area contributed by atoms with Gasteiger partial charge in [0.05, 0.1) is 17.8 Å². The quantitative estimate of drug-likeness (QED) is 0.741. The van der Waals surface area contributed by atoms with Crippen LogP contribution in [0.1, 0.15) is 19.4 Å². The molecule has 1 saturated heterocycles. The first-order valence-corrected chi connectivity index (χ1v) is 7.13. The number of halogens is 3. The predicted octanol–water partition coefficient (Wildman–Crippen LogP) is 0.968. The van der Waals surface area contributed by atoms with Crippen molar-refractivity contribution in [1.29, 1.82) is 0 Å². The number of nitrogens with zero attached hydrogens (tertiary/aromatic N) is 1. The zero-order valence-corrected chi connectivity index (χ0v) is 12.9. The number of amides is 2. The highest BCUT2D eigenvalue weighted by molar-refractivity contribution is 6.39. The molecule has 2 N–H and O–H groups in total. The summed E-state index contributed by atoms with van der Waals surface area (Å²) < 4.78 is 43.4. The number of ether oxygens (including phenoxy) is 1. The second kappa shape index (κ2) is 6.63. The number of nitrogens with one attached hydrogen (secondary N) is 2. The SMILES string of the molecule is C[C@@H]1CN(C(=O)C(=O)Nc2cc(C(F)(F)F)c[nH]c2=O)C[C@H](C)O1. The predicted molar refractivity (Wildman–Crippen MR) is 77.3 cm³/mol. The number of aromatic amines is 1. The van der Waals surface area contributed by atoms with Crippen molar-refractivity contribution < 1.29 is 27.5 Å². The summed E-state index contributed by atoms with van der Waals surface area (Å²) >= 11 is 0. The average molecular weight is 347 g/mol. The number of aromatic nitrogens is 1. The van der Waals surface area contributed by atoms with Crippen LogP contribution in [0.25, 0.3) is 0 Å². The number of rotatable bonds is 1. The zero-order valence-electron chi connectivity index (χ0n) is 12.9. The van der Waals surface area contributed by atoms with Gasteiger partial charge in [-0.1, -0.05) is 0 Å². The number of hydrogen-bond donors (Lipinski definition) is 2. The van der Waals surface area contributed by atoms with Gasteiger partial charge in [-0.15, -0.1) is 0 Å². The molecule has 2 rings (SSSR count). The molecule has 0 bridgehead atoms. The van der Waals surface area contributed by atoms with Crippen molar-refractivity contribution in [3.05, 3.63) is 28.2 Å².